The van der Waals surface area contributed by atoms with Gasteiger partial charge in [-0.25, -0.2) is 0 Å². The van der Waals surface area contributed by atoms with Crippen LogP contribution in [0.25, 0.3) is 0 Å². The largest absolute Gasteiger partial charge is 0.316 e. The van der Waals surface area contributed by atoms with Crippen LogP contribution >= 0.6 is 0 Å². The highest BCUT2D eigenvalue weighted by Crippen LogP contribution is 2.26. The average molecular weight is 211 g/mol. The molecule has 0 aliphatic carbocycles. The fourth-order valence-electron chi connectivity index (χ4n) is 2.80. The number of nitrogens with one attached hydrogen (secondary N) is 1. The zero-order valence-corrected chi connectivity index (χ0v) is 10.3. The Balaban J connectivity index is 1.80. The summed E-state index contributed by atoms with van der Waals surface area (Å²) in [6.07, 6.45) is 2.75. The summed E-state index contributed by atoms with van der Waals surface area (Å²) in [5.41, 5.74) is 0.522. The zero-order valence-electron chi connectivity index (χ0n) is 10.3. The average Bonchev–Trinajstić information content (AvgIpc) is 2.22. The van der Waals surface area contributed by atoms with Crippen molar-refractivity contribution < 1.29 is 0 Å². The topological polar surface area (TPSA) is 18.5 Å². The van der Waals surface area contributed by atoms with Crippen LogP contribution in [-0.2, 0) is 0 Å². The minimum atomic E-state index is 0.522. The molecule has 1 atom stereocenters. The SMILES string of the molecule is CN1CCN(CC2(C)CCCNC2)CC1. The first-order valence-corrected chi connectivity index (χ1v) is 6.30. The van der Waals surface area contributed by atoms with Crippen LogP contribution in [0.15, 0.2) is 0 Å². The van der Waals surface area contributed by atoms with E-state index in [-0.39, 0.29) is 0 Å². The first-order valence-electron chi connectivity index (χ1n) is 6.30. The van der Waals surface area contributed by atoms with Crippen molar-refractivity contribution in [3.63, 3.8) is 0 Å². The summed E-state index contributed by atoms with van der Waals surface area (Å²) in [7, 11) is 2.22. The standard InChI is InChI=1S/C12H25N3/c1-12(4-3-5-13-10-12)11-15-8-6-14(2)7-9-15/h13H,3-11H2,1-2H3. The van der Waals surface area contributed by atoms with E-state index in [4.69, 9.17) is 0 Å². The first kappa shape index (κ1) is 11.4. The molecule has 0 aromatic rings. The van der Waals surface area contributed by atoms with Crippen LogP contribution in [-0.4, -0.2) is 62.7 Å². The van der Waals surface area contributed by atoms with E-state index in [0.29, 0.717) is 5.41 Å². The van der Waals surface area contributed by atoms with Gasteiger partial charge < -0.3 is 15.1 Å². The number of hydrogen-bond acceptors (Lipinski definition) is 3. The molecule has 0 radical (unpaired) electrons. The monoisotopic (exact) mass is 211 g/mol. The summed E-state index contributed by atoms with van der Waals surface area (Å²) in [4.78, 5) is 5.07. The maximum Gasteiger partial charge on any atom is 0.0110 e. The number of piperazine rings is 1. The molecule has 2 fully saturated rings. The summed E-state index contributed by atoms with van der Waals surface area (Å²) in [6, 6.07) is 0. The second kappa shape index (κ2) is 4.81. The third-order valence-electron chi connectivity index (χ3n) is 3.89. The second-order valence-corrected chi connectivity index (χ2v) is 5.67. The van der Waals surface area contributed by atoms with Crippen LogP contribution in [0.5, 0.6) is 0 Å². The molecule has 3 heteroatoms. The van der Waals surface area contributed by atoms with Gasteiger partial charge in [-0.3, -0.25) is 0 Å². The van der Waals surface area contributed by atoms with E-state index in [1.807, 2.05) is 0 Å². The molecule has 2 aliphatic heterocycles. The van der Waals surface area contributed by atoms with Crippen LogP contribution in [0.4, 0.5) is 0 Å². The van der Waals surface area contributed by atoms with E-state index < -0.39 is 0 Å². The Morgan fingerprint density at radius 1 is 1.20 bits per heavy atom. The van der Waals surface area contributed by atoms with Crippen molar-refractivity contribution in [2.24, 2.45) is 5.41 Å². The van der Waals surface area contributed by atoms with Crippen LogP contribution in [0.1, 0.15) is 19.8 Å². The Morgan fingerprint density at radius 2 is 1.93 bits per heavy atom. The molecule has 1 unspecified atom stereocenters. The van der Waals surface area contributed by atoms with Crippen molar-refractivity contribution in [3.05, 3.63) is 0 Å². The zero-order chi connectivity index (χ0) is 10.7. The maximum absolute atomic E-state index is 3.54. The van der Waals surface area contributed by atoms with Crippen molar-refractivity contribution in [2.45, 2.75) is 19.8 Å². The van der Waals surface area contributed by atoms with E-state index >= 15 is 0 Å². The fourth-order valence-corrected chi connectivity index (χ4v) is 2.80. The van der Waals surface area contributed by atoms with Gasteiger partial charge in [0.25, 0.3) is 0 Å². The molecule has 0 saturated carbocycles. The number of hydrogen-bond donors (Lipinski definition) is 1. The number of rotatable bonds is 2. The molecule has 15 heavy (non-hydrogen) atoms. The lowest BCUT2D eigenvalue weighted by molar-refractivity contribution is 0.0886. The fraction of sp³-hybridized carbons (Fsp3) is 1.00. The van der Waals surface area contributed by atoms with Gasteiger partial charge in [0, 0.05) is 39.3 Å². The minimum absolute atomic E-state index is 0.522. The van der Waals surface area contributed by atoms with Crippen molar-refractivity contribution in [3.8, 4) is 0 Å². The van der Waals surface area contributed by atoms with Crippen LogP contribution in [0.2, 0.25) is 0 Å². The lowest BCUT2D eigenvalue weighted by Gasteiger charge is -2.41. The predicted molar refractivity (Wildman–Crippen MR) is 64.1 cm³/mol. The Bertz CT molecular complexity index is 191. The van der Waals surface area contributed by atoms with E-state index in [9.17, 15) is 0 Å². The van der Waals surface area contributed by atoms with Crippen molar-refractivity contribution in [2.75, 3.05) is 52.9 Å². The van der Waals surface area contributed by atoms with Crippen LogP contribution in [0.3, 0.4) is 0 Å². The van der Waals surface area contributed by atoms with E-state index in [1.54, 1.807) is 0 Å². The smallest absolute Gasteiger partial charge is 0.0110 e. The normalized spacial score (nSPS) is 35.6. The molecular formula is C12H25N3. The molecule has 1 N–H and O–H groups in total. The summed E-state index contributed by atoms with van der Waals surface area (Å²) < 4.78 is 0. The van der Waals surface area contributed by atoms with Gasteiger partial charge in [-0.05, 0) is 31.8 Å². The molecule has 0 bridgehead atoms. The number of piperidine rings is 1. The third-order valence-corrected chi connectivity index (χ3v) is 3.89. The van der Waals surface area contributed by atoms with Gasteiger partial charge in [0.15, 0.2) is 0 Å². The molecule has 88 valence electrons. The summed E-state index contributed by atoms with van der Waals surface area (Å²) in [5.74, 6) is 0. The molecule has 2 saturated heterocycles. The first-order chi connectivity index (χ1) is 7.18. The molecule has 2 rings (SSSR count). The Morgan fingerprint density at radius 3 is 2.53 bits per heavy atom. The lowest BCUT2D eigenvalue weighted by atomic mass is 9.82. The number of likely N-dealkylation sites (N-methyl/N-ethyl adjacent to an activating group) is 1. The summed E-state index contributed by atoms with van der Waals surface area (Å²) >= 11 is 0. The Kier molecular flexibility index (Phi) is 3.65. The molecule has 0 amide bonds. The van der Waals surface area contributed by atoms with E-state index in [2.05, 4.69) is 29.1 Å². The highest BCUT2D eigenvalue weighted by molar-refractivity contribution is 4.85. The molecular weight excluding hydrogens is 186 g/mol. The van der Waals surface area contributed by atoms with Crippen molar-refractivity contribution >= 4 is 0 Å². The molecule has 0 aromatic carbocycles. The summed E-state index contributed by atoms with van der Waals surface area (Å²) in [6.45, 7) is 11.1. The van der Waals surface area contributed by atoms with Gasteiger partial charge in [0.05, 0.1) is 0 Å². The molecule has 2 heterocycles. The van der Waals surface area contributed by atoms with Gasteiger partial charge in [0.2, 0.25) is 0 Å². The quantitative estimate of drug-likeness (QED) is 0.722. The van der Waals surface area contributed by atoms with Gasteiger partial charge in [-0.2, -0.15) is 0 Å². The second-order valence-electron chi connectivity index (χ2n) is 5.67. The van der Waals surface area contributed by atoms with Crippen molar-refractivity contribution in [1.82, 2.24) is 15.1 Å². The van der Waals surface area contributed by atoms with E-state index in [0.717, 1.165) is 0 Å². The Labute approximate surface area is 93.8 Å². The van der Waals surface area contributed by atoms with Gasteiger partial charge in [-0.15, -0.1) is 0 Å². The lowest BCUT2D eigenvalue weighted by Crippen LogP contribution is -2.51. The molecule has 0 aromatic heterocycles. The van der Waals surface area contributed by atoms with Crippen LogP contribution < -0.4 is 5.32 Å². The number of nitrogens with zero attached hydrogens (tertiary/aromatic N) is 2. The predicted octanol–water partition coefficient (Wildman–Crippen LogP) is 0.623. The Hall–Kier alpha value is -0.120. The summed E-state index contributed by atoms with van der Waals surface area (Å²) in [5, 5.41) is 3.54. The highest BCUT2D eigenvalue weighted by atomic mass is 15.2. The van der Waals surface area contributed by atoms with Gasteiger partial charge >= 0.3 is 0 Å². The van der Waals surface area contributed by atoms with Gasteiger partial charge in [0.1, 0.15) is 0 Å². The highest BCUT2D eigenvalue weighted by Gasteiger charge is 2.29. The van der Waals surface area contributed by atoms with Crippen molar-refractivity contribution in [1.29, 1.82) is 0 Å². The van der Waals surface area contributed by atoms with E-state index in [1.165, 1.54) is 58.7 Å². The van der Waals surface area contributed by atoms with Crippen LogP contribution in [0, 0.1) is 5.41 Å². The maximum atomic E-state index is 3.54. The third kappa shape index (κ3) is 3.16. The minimum Gasteiger partial charge on any atom is -0.316 e. The molecule has 2 aliphatic rings. The van der Waals surface area contributed by atoms with Gasteiger partial charge in [-0.1, -0.05) is 6.92 Å². The molecule has 0 spiro atoms. The molecule has 3 nitrogen and oxygen atoms in total.